The van der Waals surface area contributed by atoms with E-state index in [4.69, 9.17) is 16.8 Å². The highest BCUT2D eigenvalue weighted by atomic mass is 35.5. The Morgan fingerprint density at radius 2 is 1.54 bits per heavy atom. The summed E-state index contributed by atoms with van der Waals surface area (Å²) in [5, 5.41) is 18.1. The maximum atomic E-state index is 12.2. The minimum Gasteiger partial charge on any atom is -0.339 e. The number of nitrogens with zero attached hydrogens (tertiary/aromatic N) is 2. The summed E-state index contributed by atoms with van der Waals surface area (Å²) < 4.78 is 0. The number of anilines is 5. The van der Waals surface area contributed by atoms with Gasteiger partial charge in [-0.3, -0.25) is 14.8 Å². The largest absolute Gasteiger partial charge is 0.339 e. The zero-order chi connectivity index (χ0) is 25.0. The van der Waals surface area contributed by atoms with E-state index in [1.807, 2.05) is 43.3 Å². The lowest BCUT2D eigenvalue weighted by Gasteiger charge is -2.12. The predicted molar refractivity (Wildman–Crippen MR) is 137 cm³/mol. The van der Waals surface area contributed by atoms with E-state index in [9.17, 15) is 9.59 Å². The Morgan fingerprint density at radius 3 is 2.23 bits per heavy atom. The van der Waals surface area contributed by atoms with Gasteiger partial charge in [-0.2, -0.15) is 4.98 Å². The quantitative estimate of drug-likeness (QED) is 0.123. The van der Waals surface area contributed by atoms with Crippen molar-refractivity contribution in [3.8, 4) is 0 Å². The van der Waals surface area contributed by atoms with Gasteiger partial charge in [0.2, 0.25) is 17.8 Å². The van der Waals surface area contributed by atoms with E-state index in [-0.39, 0.29) is 18.2 Å². The molecular weight excluding hydrogens is 468 g/mol. The maximum absolute atomic E-state index is 12.2. The molecule has 0 fully saturated rings. The van der Waals surface area contributed by atoms with Crippen molar-refractivity contribution in [2.45, 2.75) is 45.4 Å². The summed E-state index contributed by atoms with van der Waals surface area (Å²) in [5.41, 5.74) is 5.05. The molecule has 1 aromatic heterocycles. The third-order valence-corrected chi connectivity index (χ3v) is 5.53. The average molecular weight is 497 g/mol. The fourth-order valence-corrected chi connectivity index (χ4v) is 3.46. The number of hydrogen-bond donors (Lipinski definition) is 5. The number of carbonyl (C=O) groups is 2. The van der Waals surface area contributed by atoms with Gasteiger partial charge >= 0.3 is 0 Å². The Morgan fingerprint density at radius 1 is 0.886 bits per heavy atom. The lowest BCUT2D eigenvalue weighted by atomic mass is 10.1. The van der Waals surface area contributed by atoms with E-state index >= 15 is 0 Å². The molecule has 5 N–H and O–H groups in total. The first-order valence-corrected chi connectivity index (χ1v) is 11.8. The summed E-state index contributed by atoms with van der Waals surface area (Å²) >= 11 is 6.27. The Balaban J connectivity index is 1.47. The number of hydroxylamine groups is 1. The Bertz CT molecular complexity index is 1140. The molecular formula is C25H29ClN6O3. The molecule has 0 unspecified atom stereocenters. The number of rotatable bonds is 12. The van der Waals surface area contributed by atoms with E-state index < -0.39 is 0 Å². The van der Waals surface area contributed by atoms with Crippen molar-refractivity contribution in [3.63, 3.8) is 0 Å². The summed E-state index contributed by atoms with van der Waals surface area (Å²) in [5.74, 6) is 0.437. The summed E-state index contributed by atoms with van der Waals surface area (Å²) in [6.45, 7) is 2.00. The molecule has 0 aliphatic heterocycles. The van der Waals surface area contributed by atoms with Crippen LogP contribution in [-0.2, 0) is 9.59 Å². The molecule has 0 saturated heterocycles. The fourth-order valence-electron chi connectivity index (χ4n) is 3.33. The van der Waals surface area contributed by atoms with Crippen LogP contribution < -0.4 is 21.4 Å². The molecule has 1 heterocycles. The van der Waals surface area contributed by atoms with Gasteiger partial charge in [0.25, 0.3) is 0 Å². The number of carbonyl (C=O) groups excluding carboxylic acids is 2. The SMILES string of the molecule is Cc1ccccc1Nc1nc(Nc2ccc(NC(=O)CCCCCCC(=O)NO)cc2)ncc1Cl. The van der Waals surface area contributed by atoms with Crippen molar-refractivity contribution in [3.05, 3.63) is 65.3 Å². The van der Waals surface area contributed by atoms with Gasteiger partial charge in [-0.1, -0.05) is 42.6 Å². The van der Waals surface area contributed by atoms with Crippen molar-refractivity contribution in [1.29, 1.82) is 0 Å². The van der Waals surface area contributed by atoms with Crippen LogP contribution in [-0.4, -0.2) is 27.0 Å². The third kappa shape index (κ3) is 8.55. The van der Waals surface area contributed by atoms with Crippen molar-refractivity contribution >= 4 is 52.2 Å². The highest BCUT2D eigenvalue weighted by molar-refractivity contribution is 6.32. The van der Waals surface area contributed by atoms with Crippen LogP contribution in [0.15, 0.2) is 54.7 Å². The van der Waals surface area contributed by atoms with E-state index in [0.717, 1.165) is 36.2 Å². The number of para-hydroxylation sites is 1. The van der Waals surface area contributed by atoms with E-state index in [1.165, 1.54) is 6.20 Å². The number of nitrogens with one attached hydrogen (secondary N) is 4. The minimum absolute atomic E-state index is 0.0632. The highest BCUT2D eigenvalue weighted by Crippen LogP contribution is 2.26. The molecule has 3 rings (SSSR count). The molecule has 9 nitrogen and oxygen atoms in total. The standard InChI is InChI=1S/C25H29ClN6O3/c1-17-8-6-7-9-21(17)30-24-20(26)16-27-25(31-24)29-19-14-12-18(13-15-19)28-22(33)10-4-2-3-5-11-23(34)32-35/h6-9,12-16,35H,2-5,10-11H2,1H3,(H,28,33)(H,32,34)(H2,27,29,30,31). The molecule has 0 aliphatic rings. The van der Waals surface area contributed by atoms with Gasteiger partial charge in [0.05, 0.1) is 6.20 Å². The van der Waals surface area contributed by atoms with Crippen LogP contribution in [0.3, 0.4) is 0 Å². The second-order valence-electron chi connectivity index (χ2n) is 8.03. The lowest BCUT2D eigenvalue weighted by Crippen LogP contribution is -2.17. The molecule has 10 heteroatoms. The molecule has 35 heavy (non-hydrogen) atoms. The maximum Gasteiger partial charge on any atom is 0.243 e. The topological polar surface area (TPSA) is 128 Å². The molecule has 3 aromatic rings. The van der Waals surface area contributed by atoms with Crippen molar-refractivity contribution < 1.29 is 14.8 Å². The van der Waals surface area contributed by atoms with Crippen molar-refractivity contribution in [2.75, 3.05) is 16.0 Å². The number of aryl methyl sites for hydroxylation is 1. The first-order valence-electron chi connectivity index (χ1n) is 11.4. The van der Waals surface area contributed by atoms with Crippen LogP contribution in [0, 0.1) is 6.92 Å². The monoisotopic (exact) mass is 496 g/mol. The van der Waals surface area contributed by atoms with Gasteiger partial charge in [0, 0.05) is 29.9 Å². The second-order valence-corrected chi connectivity index (χ2v) is 8.44. The number of benzene rings is 2. The van der Waals surface area contributed by atoms with Gasteiger partial charge in [-0.25, -0.2) is 10.5 Å². The summed E-state index contributed by atoms with van der Waals surface area (Å²) in [4.78, 5) is 31.8. The number of halogens is 1. The number of amides is 2. The second kappa shape index (κ2) is 13.3. The fraction of sp³-hybridized carbons (Fsp3) is 0.280. The van der Waals surface area contributed by atoms with Crippen LogP contribution in [0.1, 0.15) is 44.1 Å². The smallest absolute Gasteiger partial charge is 0.243 e. The van der Waals surface area contributed by atoms with Gasteiger partial charge in [-0.15, -0.1) is 0 Å². The van der Waals surface area contributed by atoms with Gasteiger partial charge < -0.3 is 16.0 Å². The van der Waals surface area contributed by atoms with Gasteiger partial charge in [0.1, 0.15) is 5.02 Å². The van der Waals surface area contributed by atoms with Crippen molar-refractivity contribution in [1.82, 2.24) is 15.4 Å². The van der Waals surface area contributed by atoms with Crippen LogP contribution >= 0.6 is 11.6 Å². The minimum atomic E-state index is -0.386. The lowest BCUT2D eigenvalue weighted by molar-refractivity contribution is -0.129. The van der Waals surface area contributed by atoms with E-state index in [2.05, 4.69) is 25.9 Å². The first kappa shape index (κ1) is 25.9. The van der Waals surface area contributed by atoms with Gasteiger partial charge in [0.15, 0.2) is 5.82 Å². The molecule has 0 saturated carbocycles. The Labute approximate surface area is 209 Å². The molecule has 0 spiro atoms. The number of hydrogen-bond acceptors (Lipinski definition) is 7. The zero-order valence-electron chi connectivity index (χ0n) is 19.5. The van der Waals surface area contributed by atoms with Crippen LogP contribution in [0.2, 0.25) is 5.02 Å². The molecule has 2 aromatic carbocycles. The van der Waals surface area contributed by atoms with Crippen LogP contribution in [0.4, 0.5) is 28.8 Å². The summed E-state index contributed by atoms with van der Waals surface area (Å²) in [6, 6.07) is 15.1. The molecule has 2 amide bonds. The normalized spacial score (nSPS) is 10.5. The third-order valence-electron chi connectivity index (χ3n) is 5.25. The average Bonchev–Trinajstić information content (AvgIpc) is 2.85. The predicted octanol–water partition coefficient (Wildman–Crippen LogP) is 5.71. The highest BCUT2D eigenvalue weighted by Gasteiger charge is 2.08. The molecule has 0 aliphatic carbocycles. The van der Waals surface area contributed by atoms with E-state index in [0.29, 0.717) is 35.3 Å². The zero-order valence-corrected chi connectivity index (χ0v) is 20.2. The summed E-state index contributed by atoms with van der Waals surface area (Å²) in [6.07, 6.45) is 5.32. The van der Waals surface area contributed by atoms with Crippen LogP contribution in [0.25, 0.3) is 0 Å². The molecule has 0 radical (unpaired) electrons. The van der Waals surface area contributed by atoms with E-state index in [1.54, 1.807) is 17.6 Å². The van der Waals surface area contributed by atoms with Crippen LogP contribution in [0.5, 0.6) is 0 Å². The summed E-state index contributed by atoms with van der Waals surface area (Å²) in [7, 11) is 0. The van der Waals surface area contributed by atoms with Crippen molar-refractivity contribution in [2.24, 2.45) is 0 Å². The molecule has 0 bridgehead atoms. The Hall–Kier alpha value is -3.69. The number of aromatic nitrogens is 2. The first-order chi connectivity index (χ1) is 16.9. The van der Waals surface area contributed by atoms with Gasteiger partial charge in [-0.05, 0) is 55.7 Å². The number of unbranched alkanes of at least 4 members (excludes halogenated alkanes) is 3. The Kier molecular flexibility index (Phi) is 9.82. The molecule has 184 valence electrons. The molecule has 0 atom stereocenters.